The van der Waals surface area contributed by atoms with Crippen molar-refractivity contribution >= 4 is 51.3 Å². The fraction of sp³-hybridized carbons (Fsp3) is 0.316. The van der Waals surface area contributed by atoms with Crippen molar-refractivity contribution in [1.82, 2.24) is 0 Å². The second-order valence-corrected chi connectivity index (χ2v) is 8.22. The maximum absolute atomic E-state index is 11.2. The minimum atomic E-state index is -3.28. The largest absolute Gasteiger partial charge is 0.492 e. The standard InChI is InChI=1S/C19H24N4O3S.HI/c1-27(24,25)23-16-7-9-18(10-8-16)26-12-11-21-19(20)22-17-6-5-14-3-2-4-15(14)13-17;/h5-10,13,23H,2-4,11-12H2,1H3,(H3,20,21,22);1H. The van der Waals surface area contributed by atoms with Crippen LogP contribution in [0.25, 0.3) is 0 Å². The molecule has 28 heavy (non-hydrogen) atoms. The Hall–Kier alpha value is -2.01. The smallest absolute Gasteiger partial charge is 0.229 e. The molecule has 152 valence electrons. The van der Waals surface area contributed by atoms with Gasteiger partial charge in [-0.1, -0.05) is 6.07 Å². The van der Waals surface area contributed by atoms with Gasteiger partial charge in [0.1, 0.15) is 12.4 Å². The van der Waals surface area contributed by atoms with Gasteiger partial charge < -0.3 is 15.8 Å². The third-order valence-electron chi connectivity index (χ3n) is 4.17. The molecule has 0 aromatic heterocycles. The van der Waals surface area contributed by atoms with E-state index >= 15 is 0 Å². The number of aliphatic imine (C=N–C) groups is 1. The van der Waals surface area contributed by atoms with Crippen LogP contribution in [0, 0.1) is 0 Å². The molecule has 4 N–H and O–H groups in total. The van der Waals surface area contributed by atoms with Crippen LogP contribution in [0.3, 0.4) is 0 Å². The molecule has 0 fully saturated rings. The molecule has 7 nitrogen and oxygen atoms in total. The molecule has 3 rings (SSSR count). The van der Waals surface area contributed by atoms with Crippen LogP contribution in [0.4, 0.5) is 11.4 Å². The molecule has 0 saturated heterocycles. The summed E-state index contributed by atoms with van der Waals surface area (Å²) in [5.74, 6) is 0.985. The van der Waals surface area contributed by atoms with Gasteiger partial charge in [0.15, 0.2) is 5.96 Å². The fourth-order valence-corrected chi connectivity index (χ4v) is 3.56. The lowest BCUT2D eigenvalue weighted by atomic mass is 10.1. The first-order valence-electron chi connectivity index (χ1n) is 8.78. The SMILES string of the molecule is CS(=O)(=O)Nc1ccc(OCCN=C(N)Nc2ccc3c(c2)CCC3)cc1.I. The zero-order valence-electron chi connectivity index (χ0n) is 15.6. The first-order valence-corrected chi connectivity index (χ1v) is 10.7. The third kappa shape index (κ3) is 6.86. The number of halogens is 1. The van der Waals surface area contributed by atoms with Crippen molar-refractivity contribution in [1.29, 1.82) is 0 Å². The van der Waals surface area contributed by atoms with E-state index in [0.29, 0.717) is 30.5 Å². The number of rotatable bonds is 7. The van der Waals surface area contributed by atoms with E-state index in [9.17, 15) is 8.42 Å². The highest BCUT2D eigenvalue weighted by Crippen LogP contribution is 2.24. The van der Waals surface area contributed by atoms with Crippen LogP contribution < -0.4 is 20.5 Å². The lowest BCUT2D eigenvalue weighted by Crippen LogP contribution is -2.23. The van der Waals surface area contributed by atoms with Crippen molar-refractivity contribution in [3.8, 4) is 5.75 Å². The quantitative estimate of drug-likeness (QED) is 0.227. The number of hydrogen-bond acceptors (Lipinski definition) is 4. The Morgan fingerprint density at radius 3 is 2.50 bits per heavy atom. The zero-order valence-corrected chi connectivity index (χ0v) is 18.8. The highest BCUT2D eigenvalue weighted by molar-refractivity contribution is 14.0. The van der Waals surface area contributed by atoms with Crippen molar-refractivity contribution in [2.45, 2.75) is 19.3 Å². The minimum Gasteiger partial charge on any atom is -0.492 e. The van der Waals surface area contributed by atoms with E-state index in [-0.39, 0.29) is 24.0 Å². The van der Waals surface area contributed by atoms with Gasteiger partial charge in [0, 0.05) is 11.4 Å². The molecule has 0 unspecified atom stereocenters. The molecule has 0 aliphatic heterocycles. The Morgan fingerprint density at radius 2 is 1.79 bits per heavy atom. The maximum Gasteiger partial charge on any atom is 0.229 e. The van der Waals surface area contributed by atoms with Crippen LogP contribution in [0.15, 0.2) is 47.5 Å². The van der Waals surface area contributed by atoms with Crippen molar-refractivity contribution in [2.75, 3.05) is 29.4 Å². The number of hydrogen-bond donors (Lipinski definition) is 3. The minimum absolute atomic E-state index is 0. The molecular weight excluding hydrogens is 491 g/mol. The highest BCUT2D eigenvalue weighted by Gasteiger charge is 2.10. The first kappa shape index (κ1) is 22.3. The summed E-state index contributed by atoms with van der Waals surface area (Å²) in [5.41, 5.74) is 10.2. The van der Waals surface area contributed by atoms with Gasteiger partial charge >= 0.3 is 0 Å². The lowest BCUT2D eigenvalue weighted by Gasteiger charge is -2.09. The maximum atomic E-state index is 11.2. The van der Waals surface area contributed by atoms with Crippen LogP contribution >= 0.6 is 24.0 Å². The molecule has 0 bridgehead atoms. The van der Waals surface area contributed by atoms with E-state index < -0.39 is 10.0 Å². The van der Waals surface area contributed by atoms with Gasteiger partial charge in [0.2, 0.25) is 10.0 Å². The second kappa shape index (κ2) is 9.97. The first-order chi connectivity index (χ1) is 12.9. The van der Waals surface area contributed by atoms with Crippen LogP contribution in [-0.2, 0) is 22.9 Å². The topological polar surface area (TPSA) is 106 Å². The molecule has 0 atom stereocenters. The van der Waals surface area contributed by atoms with Crippen LogP contribution in [0.2, 0.25) is 0 Å². The average Bonchev–Trinajstić information content (AvgIpc) is 3.06. The number of anilines is 2. The molecular formula is C19H25IN4O3S. The van der Waals surface area contributed by atoms with Crippen LogP contribution in [-0.4, -0.2) is 33.8 Å². The van der Waals surface area contributed by atoms with Gasteiger partial charge in [-0.3, -0.25) is 4.72 Å². The molecule has 1 aliphatic rings. The van der Waals surface area contributed by atoms with E-state index in [4.69, 9.17) is 10.5 Å². The monoisotopic (exact) mass is 516 g/mol. The summed E-state index contributed by atoms with van der Waals surface area (Å²) >= 11 is 0. The zero-order chi connectivity index (χ0) is 19.3. The van der Waals surface area contributed by atoms with Crippen molar-refractivity contribution in [3.05, 3.63) is 53.6 Å². The normalized spacial score (nSPS) is 13.4. The van der Waals surface area contributed by atoms with Crippen LogP contribution in [0.5, 0.6) is 5.75 Å². The summed E-state index contributed by atoms with van der Waals surface area (Å²) in [6.07, 6.45) is 4.59. The van der Waals surface area contributed by atoms with E-state index in [1.165, 1.54) is 17.5 Å². The van der Waals surface area contributed by atoms with Crippen molar-refractivity contribution < 1.29 is 13.2 Å². The number of sulfonamides is 1. The van der Waals surface area contributed by atoms with Crippen molar-refractivity contribution in [3.63, 3.8) is 0 Å². The van der Waals surface area contributed by atoms with Crippen LogP contribution in [0.1, 0.15) is 17.5 Å². The van der Waals surface area contributed by atoms with Gasteiger partial charge in [-0.15, -0.1) is 24.0 Å². The Kier molecular flexibility index (Phi) is 7.93. The second-order valence-electron chi connectivity index (χ2n) is 6.48. The number of benzene rings is 2. The number of nitrogens with one attached hydrogen (secondary N) is 2. The van der Waals surface area contributed by atoms with Gasteiger partial charge in [-0.25, -0.2) is 13.4 Å². The molecule has 1 aliphatic carbocycles. The lowest BCUT2D eigenvalue weighted by molar-refractivity contribution is 0.329. The molecule has 9 heteroatoms. The highest BCUT2D eigenvalue weighted by atomic mass is 127. The van der Waals surface area contributed by atoms with Gasteiger partial charge in [0.25, 0.3) is 0 Å². The summed E-state index contributed by atoms with van der Waals surface area (Å²) in [4.78, 5) is 4.26. The Balaban J connectivity index is 0.00000280. The number of aryl methyl sites for hydroxylation is 2. The molecule has 2 aromatic carbocycles. The Bertz CT molecular complexity index is 931. The molecule has 0 amide bonds. The Labute approximate surface area is 182 Å². The van der Waals surface area contributed by atoms with Gasteiger partial charge in [-0.2, -0.15) is 0 Å². The molecule has 0 radical (unpaired) electrons. The predicted octanol–water partition coefficient (Wildman–Crippen LogP) is 2.97. The van der Waals surface area contributed by atoms with E-state index in [0.717, 1.165) is 24.8 Å². The fourth-order valence-electron chi connectivity index (χ4n) is 3.00. The summed E-state index contributed by atoms with van der Waals surface area (Å²) in [6.45, 7) is 0.776. The number of nitrogens with two attached hydrogens (primary N) is 1. The van der Waals surface area contributed by atoms with Gasteiger partial charge in [-0.05, 0) is 66.8 Å². The number of nitrogens with zero attached hydrogens (tertiary/aromatic N) is 1. The molecule has 0 saturated carbocycles. The van der Waals surface area contributed by atoms with E-state index in [1.54, 1.807) is 24.3 Å². The number of ether oxygens (including phenoxy) is 1. The summed E-state index contributed by atoms with van der Waals surface area (Å²) in [7, 11) is -3.28. The average molecular weight is 516 g/mol. The molecule has 0 heterocycles. The van der Waals surface area contributed by atoms with E-state index in [1.807, 2.05) is 6.07 Å². The predicted molar refractivity (Wildman–Crippen MR) is 124 cm³/mol. The Morgan fingerprint density at radius 1 is 1.11 bits per heavy atom. The van der Waals surface area contributed by atoms with Crippen molar-refractivity contribution in [2.24, 2.45) is 10.7 Å². The van der Waals surface area contributed by atoms with E-state index in [2.05, 4.69) is 27.2 Å². The molecule has 2 aromatic rings. The summed E-state index contributed by atoms with van der Waals surface area (Å²) in [5, 5.41) is 3.11. The van der Waals surface area contributed by atoms with Gasteiger partial charge in [0.05, 0.1) is 12.8 Å². The number of guanidine groups is 1. The molecule has 0 spiro atoms. The summed E-state index contributed by atoms with van der Waals surface area (Å²) in [6, 6.07) is 13.0. The summed E-state index contributed by atoms with van der Waals surface area (Å²) < 4.78 is 30.3. The number of fused-ring (bicyclic) bond motifs is 1. The third-order valence-corrected chi connectivity index (χ3v) is 4.78.